The second-order valence-corrected chi connectivity index (χ2v) is 3.19. The Bertz CT molecular complexity index is 317. The highest BCUT2D eigenvalue weighted by molar-refractivity contribution is 6.20. The normalized spacial score (nSPS) is 15.3. The van der Waals surface area contributed by atoms with Crippen LogP contribution >= 0.6 is 0 Å². The van der Waals surface area contributed by atoms with Gasteiger partial charge in [-0.2, -0.15) is 0 Å². The zero-order valence-electron chi connectivity index (χ0n) is 8.53. The Morgan fingerprint density at radius 3 is 1.33 bits per heavy atom. The van der Waals surface area contributed by atoms with Crippen molar-refractivity contribution in [2.45, 2.75) is 32.0 Å². The highest BCUT2D eigenvalue weighted by Gasteiger charge is 2.60. The first-order chi connectivity index (χ1) is 6.64. The monoisotopic (exact) mass is 215 g/mol. The number of hydrogen-bond donors (Lipinski definition) is 2. The smallest absolute Gasteiger partial charge is 0.245 e. The summed E-state index contributed by atoms with van der Waals surface area (Å²) < 4.78 is 0. The SMILES string of the molecule is CC(=O)C(O)([C]=O)C(O)(C(C)=O)C(C)=O. The Balaban J connectivity index is 5.83. The summed E-state index contributed by atoms with van der Waals surface area (Å²) in [6.45, 7) is 2.33. The molecule has 0 rings (SSSR count). The lowest BCUT2D eigenvalue weighted by Crippen LogP contribution is -2.67. The van der Waals surface area contributed by atoms with Crippen molar-refractivity contribution in [1.82, 2.24) is 0 Å². The number of rotatable bonds is 5. The molecule has 0 aromatic rings. The molecule has 6 nitrogen and oxygen atoms in total. The molecular formula is C9H11O6. The molecule has 0 bridgehead atoms. The summed E-state index contributed by atoms with van der Waals surface area (Å²) in [6.07, 6.45) is 0.846. The van der Waals surface area contributed by atoms with E-state index in [1.165, 1.54) is 0 Å². The van der Waals surface area contributed by atoms with Crippen molar-refractivity contribution in [1.29, 1.82) is 0 Å². The van der Waals surface area contributed by atoms with Gasteiger partial charge in [0.15, 0.2) is 17.3 Å². The topological polar surface area (TPSA) is 109 Å². The van der Waals surface area contributed by atoms with Crippen LogP contribution in [0, 0.1) is 0 Å². The maximum absolute atomic E-state index is 11.1. The molecule has 1 radical (unpaired) electrons. The molecule has 0 saturated carbocycles. The third-order valence-electron chi connectivity index (χ3n) is 2.20. The fraction of sp³-hybridized carbons (Fsp3) is 0.556. The van der Waals surface area contributed by atoms with Crippen molar-refractivity contribution in [2.24, 2.45) is 0 Å². The Kier molecular flexibility index (Phi) is 3.62. The highest BCUT2D eigenvalue weighted by atomic mass is 16.4. The predicted molar refractivity (Wildman–Crippen MR) is 47.6 cm³/mol. The average Bonchev–Trinajstić information content (AvgIpc) is 2.13. The molecule has 0 aromatic carbocycles. The van der Waals surface area contributed by atoms with Crippen LogP contribution in [0.1, 0.15) is 20.8 Å². The van der Waals surface area contributed by atoms with E-state index in [9.17, 15) is 29.4 Å². The van der Waals surface area contributed by atoms with Gasteiger partial charge in [-0.25, -0.2) is 0 Å². The number of hydrogen-bond acceptors (Lipinski definition) is 6. The van der Waals surface area contributed by atoms with E-state index in [-0.39, 0.29) is 0 Å². The molecule has 0 aliphatic rings. The second-order valence-electron chi connectivity index (χ2n) is 3.19. The van der Waals surface area contributed by atoms with Gasteiger partial charge in [0.05, 0.1) is 0 Å². The molecule has 6 heteroatoms. The van der Waals surface area contributed by atoms with E-state index < -0.39 is 28.6 Å². The van der Waals surface area contributed by atoms with Gasteiger partial charge < -0.3 is 10.2 Å². The summed E-state index contributed by atoms with van der Waals surface area (Å²) in [6, 6.07) is 0. The van der Waals surface area contributed by atoms with E-state index >= 15 is 0 Å². The molecule has 0 saturated heterocycles. The van der Waals surface area contributed by atoms with E-state index in [4.69, 9.17) is 0 Å². The van der Waals surface area contributed by atoms with Crippen LogP contribution in [0.3, 0.4) is 0 Å². The molecule has 0 fully saturated rings. The summed E-state index contributed by atoms with van der Waals surface area (Å²) in [7, 11) is 0. The summed E-state index contributed by atoms with van der Waals surface area (Å²) >= 11 is 0. The Labute approximate surface area is 85.9 Å². The largest absolute Gasteiger partial charge is 0.372 e. The third kappa shape index (κ3) is 1.73. The number of aliphatic hydroxyl groups is 2. The van der Waals surface area contributed by atoms with Gasteiger partial charge in [0.25, 0.3) is 0 Å². The van der Waals surface area contributed by atoms with E-state index in [0.717, 1.165) is 27.1 Å². The van der Waals surface area contributed by atoms with Crippen LogP contribution in [-0.4, -0.2) is 45.1 Å². The Morgan fingerprint density at radius 1 is 0.933 bits per heavy atom. The summed E-state index contributed by atoms with van der Waals surface area (Å²) in [5.41, 5.74) is -6.22. The van der Waals surface area contributed by atoms with Gasteiger partial charge >= 0.3 is 0 Å². The molecule has 0 aliphatic carbocycles. The van der Waals surface area contributed by atoms with Gasteiger partial charge in [0, 0.05) is 0 Å². The Hall–Kier alpha value is -1.40. The molecular weight excluding hydrogens is 204 g/mol. The first-order valence-electron chi connectivity index (χ1n) is 4.01. The molecule has 1 unspecified atom stereocenters. The predicted octanol–water partition coefficient (Wildman–Crippen LogP) is -1.67. The van der Waals surface area contributed by atoms with E-state index in [1.807, 2.05) is 0 Å². The van der Waals surface area contributed by atoms with Gasteiger partial charge in [0.2, 0.25) is 17.5 Å². The molecule has 0 aromatic heterocycles. The molecule has 0 heterocycles. The number of Topliss-reactive ketones (excluding diaryl/α,β-unsaturated/α-hetero) is 3. The minimum atomic E-state index is -3.15. The first kappa shape index (κ1) is 13.6. The van der Waals surface area contributed by atoms with Crippen molar-refractivity contribution in [2.75, 3.05) is 0 Å². The highest BCUT2D eigenvalue weighted by Crippen LogP contribution is 2.24. The average molecular weight is 215 g/mol. The van der Waals surface area contributed by atoms with Gasteiger partial charge in [-0.15, -0.1) is 0 Å². The van der Waals surface area contributed by atoms with Crippen LogP contribution in [0.15, 0.2) is 0 Å². The van der Waals surface area contributed by atoms with Crippen molar-refractivity contribution in [3.8, 4) is 0 Å². The van der Waals surface area contributed by atoms with Gasteiger partial charge in [0.1, 0.15) is 0 Å². The van der Waals surface area contributed by atoms with Crippen LogP contribution in [-0.2, 0) is 19.2 Å². The van der Waals surface area contributed by atoms with Crippen LogP contribution in [0.25, 0.3) is 0 Å². The van der Waals surface area contributed by atoms with Crippen LogP contribution in [0.2, 0.25) is 0 Å². The summed E-state index contributed by atoms with van der Waals surface area (Å²) in [4.78, 5) is 43.5. The van der Waals surface area contributed by atoms with Crippen molar-refractivity contribution in [3.05, 3.63) is 0 Å². The standard InChI is InChI=1S/C9H11O6/c1-5(11)8(14,4-10)9(15,6(2)12)7(3)13/h14-15H,1-3H3. The maximum atomic E-state index is 11.1. The molecule has 0 spiro atoms. The molecule has 15 heavy (non-hydrogen) atoms. The number of carbonyl (C=O) groups excluding carboxylic acids is 4. The number of ketones is 3. The Morgan fingerprint density at radius 2 is 1.27 bits per heavy atom. The lowest BCUT2D eigenvalue weighted by molar-refractivity contribution is -0.173. The van der Waals surface area contributed by atoms with E-state index in [1.54, 1.807) is 0 Å². The maximum Gasteiger partial charge on any atom is 0.245 e. The quantitative estimate of drug-likeness (QED) is 0.530. The van der Waals surface area contributed by atoms with Crippen molar-refractivity contribution in [3.63, 3.8) is 0 Å². The molecule has 0 aliphatic heterocycles. The third-order valence-corrected chi connectivity index (χ3v) is 2.20. The van der Waals surface area contributed by atoms with E-state index in [0.29, 0.717) is 0 Å². The van der Waals surface area contributed by atoms with Gasteiger partial charge in [-0.05, 0) is 20.8 Å². The summed E-state index contributed by atoms with van der Waals surface area (Å²) in [5, 5.41) is 19.1. The fourth-order valence-corrected chi connectivity index (χ4v) is 1.16. The lowest BCUT2D eigenvalue weighted by atomic mass is 9.76. The molecule has 83 valence electrons. The zero-order valence-corrected chi connectivity index (χ0v) is 8.53. The fourth-order valence-electron chi connectivity index (χ4n) is 1.16. The number of carbonyl (C=O) groups is 3. The van der Waals surface area contributed by atoms with Crippen LogP contribution < -0.4 is 0 Å². The molecule has 0 amide bonds. The van der Waals surface area contributed by atoms with Crippen molar-refractivity contribution >= 4 is 23.6 Å². The van der Waals surface area contributed by atoms with Gasteiger partial charge in [-0.1, -0.05) is 0 Å². The van der Waals surface area contributed by atoms with E-state index in [2.05, 4.69) is 0 Å². The van der Waals surface area contributed by atoms with Crippen molar-refractivity contribution < 1.29 is 29.4 Å². The molecule has 2 N–H and O–H groups in total. The lowest BCUT2D eigenvalue weighted by Gasteiger charge is -2.32. The van der Waals surface area contributed by atoms with Crippen LogP contribution in [0.5, 0.6) is 0 Å². The first-order valence-corrected chi connectivity index (χ1v) is 4.01. The minimum Gasteiger partial charge on any atom is -0.372 e. The van der Waals surface area contributed by atoms with Gasteiger partial charge in [-0.3, -0.25) is 19.2 Å². The minimum absolute atomic E-state index is 0.766. The molecule has 1 atom stereocenters. The second kappa shape index (κ2) is 4.00. The summed E-state index contributed by atoms with van der Waals surface area (Å²) in [5.74, 6) is -3.63. The zero-order chi connectivity index (χ0) is 12.4. The van der Waals surface area contributed by atoms with Crippen LogP contribution in [0.4, 0.5) is 0 Å².